The minimum atomic E-state index is -0.346. The van der Waals surface area contributed by atoms with Gasteiger partial charge >= 0.3 is 12.0 Å². The van der Waals surface area contributed by atoms with Gasteiger partial charge in [0.05, 0.1) is 12.2 Å². The van der Waals surface area contributed by atoms with E-state index in [1.807, 2.05) is 0 Å². The highest BCUT2D eigenvalue weighted by Gasteiger charge is 2.05. The fraction of sp³-hybridized carbons (Fsp3) is 0.231. The molecule has 18 heavy (non-hydrogen) atoms. The molecule has 0 spiro atoms. The van der Waals surface area contributed by atoms with Gasteiger partial charge in [-0.05, 0) is 30.8 Å². The Hall–Kier alpha value is -2.30. The Morgan fingerprint density at radius 3 is 2.56 bits per heavy atom. The first-order valence-corrected chi connectivity index (χ1v) is 5.58. The molecule has 1 aromatic carbocycles. The van der Waals surface area contributed by atoms with E-state index in [-0.39, 0.29) is 12.0 Å². The molecule has 0 heterocycles. The molecule has 5 heteroatoms. The molecule has 1 rings (SSSR count). The lowest BCUT2D eigenvalue weighted by atomic mass is 10.1. The van der Waals surface area contributed by atoms with E-state index >= 15 is 0 Å². The highest BCUT2D eigenvalue weighted by molar-refractivity contribution is 5.89. The first-order valence-electron chi connectivity index (χ1n) is 5.58. The molecule has 0 aromatic heterocycles. The number of rotatable bonds is 5. The average molecular weight is 248 g/mol. The van der Waals surface area contributed by atoms with E-state index in [4.69, 9.17) is 4.74 Å². The van der Waals surface area contributed by atoms with Crippen molar-refractivity contribution in [3.8, 4) is 0 Å². The summed E-state index contributed by atoms with van der Waals surface area (Å²) in [6, 6.07) is 6.54. The summed E-state index contributed by atoms with van der Waals surface area (Å²) in [7, 11) is 0. The molecule has 2 N–H and O–H groups in total. The van der Waals surface area contributed by atoms with E-state index in [1.54, 1.807) is 31.2 Å². The summed E-state index contributed by atoms with van der Waals surface area (Å²) < 4.78 is 4.87. The number of carbonyl (C=O) groups is 2. The van der Waals surface area contributed by atoms with Crippen LogP contribution in [0.25, 0.3) is 0 Å². The van der Waals surface area contributed by atoms with Gasteiger partial charge in [-0.2, -0.15) is 0 Å². The second kappa shape index (κ2) is 7.11. The zero-order valence-electron chi connectivity index (χ0n) is 10.2. The van der Waals surface area contributed by atoms with Crippen LogP contribution in [0.15, 0.2) is 37.0 Å². The van der Waals surface area contributed by atoms with Gasteiger partial charge in [-0.3, -0.25) is 0 Å². The third kappa shape index (κ3) is 4.29. The lowest BCUT2D eigenvalue weighted by Gasteiger charge is -2.06. The van der Waals surface area contributed by atoms with Crippen LogP contribution in [0, 0.1) is 0 Å². The molecule has 0 atom stereocenters. The van der Waals surface area contributed by atoms with Crippen molar-refractivity contribution in [1.82, 2.24) is 10.6 Å². The second-order valence-corrected chi connectivity index (χ2v) is 3.45. The molecule has 0 aliphatic carbocycles. The zero-order valence-corrected chi connectivity index (χ0v) is 10.2. The van der Waals surface area contributed by atoms with Crippen LogP contribution in [0.2, 0.25) is 0 Å². The van der Waals surface area contributed by atoms with Crippen LogP contribution in [0.4, 0.5) is 4.79 Å². The van der Waals surface area contributed by atoms with Gasteiger partial charge in [0, 0.05) is 6.54 Å². The van der Waals surface area contributed by atoms with E-state index in [2.05, 4.69) is 17.2 Å². The number of esters is 1. The molecule has 0 aliphatic rings. The second-order valence-electron chi connectivity index (χ2n) is 3.45. The van der Waals surface area contributed by atoms with Crippen LogP contribution in [-0.4, -0.2) is 18.6 Å². The monoisotopic (exact) mass is 248 g/mol. The van der Waals surface area contributed by atoms with Crippen LogP contribution < -0.4 is 10.6 Å². The average Bonchev–Trinajstić information content (AvgIpc) is 2.37. The highest BCUT2D eigenvalue weighted by Crippen LogP contribution is 2.05. The molecule has 0 radical (unpaired) electrons. The summed E-state index contributed by atoms with van der Waals surface area (Å²) >= 11 is 0. The number of nitrogens with one attached hydrogen (secondary N) is 2. The Morgan fingerprint density at radius 2 is 2.00 bits per heavy atom. The van der Waals surface area contributed by atoms with Gasteiger partial charge in [0.25, 0.3) is 0 Å². The van der Waals surface area contributed by atoms with E-state index in [0.29, 0.717) is 18.7 Å². The molecule has 0 saturated carbocycles. The van der Waals surface area contributed by atoms with Gasteiger partial charge in [0.15, 0.2) is 0 Å². The molecule has 0 saturated heterocycles. The molecule has 1 aromatic rings. The molecule has 96 valence electrons. The van der Waals surface area contributed by atoms with Gasteiger partial charge < -0.3 is 15.4 Å². The number of hydrogen-bond donors (Lipinski definition) is 2. The number of amides is 2. The standard InChI is InChI=1S/C13H16N2O3/c1-3-14-13(17)15-9-10-5-7-11(8-6-10)12(16)18-4-2/h3,5-8H,1,4,9H2,2H3,(H2,14,15,17). The first-order chi connectivity index (χ1) is 8.67. The Kier molecular flexibility index (Phi) is 5.44. The van der Waals surface area contributed by atoms with Crippen molar-refractivity contribution in [3.63, 3.8) is 0 Å². The van der Waals surface area contributed by atoms with Gasteiger partial charge in [0.1, 0.15) is 0 Å². The summed E-state index contributed by atoms with van der Waals surface area (Å²) in [5.41, 5.74) is 1.39. The van der Waals surface area contributed by atoms with Crippen LogP contribution in [0.1, 0.15) is 22.8 Å². The van der Waals surface area contributed by atoms with Crippen LogP contribution >= 0.6 is 0 Å². The maximum atomic E-state index is 11.4. The summed E-state index contributed by atoms with van der Waals surface area (Å²) in [5, 5.41) is 5.04. The van der Waals surface area contributed by atoms with E-state index in [9.17, 15) is 9.59 Å². The number of ether oxygens (including phenoxy) is 1. The SMILES string of the molecule is C=CNC(=O)NCc1ccc(C(=O)OCC)cc1. The van der Waals surface area contributed by atoms with Crippen molar-refractivity contribution in [1.29, 1.82) is 0 Å². The van der Waals surface area contributed by atoms with Crippen molar-refractivity contribution in [2.75, 3.05) is 6.61 Å². The van der Waals surface area contributed by atoms with E-state index in [1.165, 1.54) is 6.20 Å². The predicted octanol–water partition coefficient (Wildman–Crippen LogP) is 1.81. The van der Waals surface area contributed by atoms with E-state index in [0.717, 1.165) is 5.56 Å². The first kappa shape index (κ1) is 13.8. The largest absolute Gasteiger partial charge is 0.462 e. The van der Waals surface area contributed by atoms with Crippen molar-refractivity contribution in [2.45, 2.75) is 13.5 Å². The number of urea groups is 1. The highest BCUT2D eigenvalue weighted by atomic mass is 16.5. The Morgan fingerprint density at radius 1 is 1.33 bits per heavy atom. The molecule has 0 unspecified atom stereocenters. The smallest absolute Gasteiger partial charge is 0.338 e. The van der Waals surface area contributed by atoms with Crippen LogP contribution in [0.5, 0.6) is 0 Å². The normalized spacial score (nSPS) is 9.39. The summed E-state index contributed by atoms with van der Waals surface area (Å²) in [6.07, 6.45) is 1.30. The summed E-state index contributed by atoms with van der Waals surface area (Å²) in [6.45, 7) is 5.87. The topological polar surface area (TPSA) is 67.4 Å². The van der Waals surface area contributed by atoms with E-state index < -0.39 is 0 Å². The third-order valence-electron chi connectivity index (χ3n) is 2.15. The number of benzene rings is 1. The fourth-order valence-electron chi connectivity index (χ4n) is 1.30. The van der Waals surface area contributed by atoms with Gasteiger partial charge in [0.2, 0.25) is 0 Å². The Labute approximate surface area is 106 Å². The van der Waals surface area contributed by atoms with Gasteiger partial charge in [-0.15, -0.1) is 0 Å². The van der Waals surface area contributed by atoms with Crippen molar-refractivity contribution < 1.29 is 14.3 Å². The Balaban J connectivity index is 2.52. The number of hydrogen-bond acceptors (Lipinski definition) is 3. The fourth-order valence-corrected chi connectivity index (χ4v) is 1.30. The van der Waals surface area contributed by atoms with Crippen LogP contribution in [0.3, 0.4) is 0 Å². The molecule has 0 aliphatic heterocycles. The molecule has 5 nitrogen and oxygen atoms in total. The molecule has 0 bridgehead atoms. The number of carbonyl (C=O) groups excluding carboxylic acids is 2. The summed E-state index contributed by atoms with van der Waals surface area (Å²) in [5.74, 6) is -0.346. The maximum absolute atomic E-state index is 11.4. The molecular weight excluding hydrogens is 232 g/mol. The predicted molar refractivity (Wildman–Crippen MR) is 68.0 cm³/mol. The lowest BCUT2D eigenvalue weighted by Crippen LogP contribution is -2.31. The van der Waals surface area contributed by atoms with Gasteiger partial charge in [-0.1, -0.05) is 18.7 Å². The quantitative estimate of drug-likeness (QED) is 0.781. The lowest BCUT2D eigenvalue weighted by molar-refractivity contribution is 0.0526. The molecular formula is C13H16N2O3. The van der Waals surface area contributed by atoms with Crippen molar-refractivity contribution in [2.24, 2.45) is 0 Å². The maximum Gasteiger partial charge on any atom is 0.338 e. The third-order valence-corrected chi connectivity index (χ3v) is 2.15. The Bertz CT molecular complexity index is 426. The molecule has 0 fully saturated rings. The van der Waals surface area contributed by atoms with Gasteiger partial charge in [-0.25, -0.2) is 9.59 Å². The van der Waals surface area contributed by atoms with Crippen molar-refractivity contribution >= 4 is 12.0 Å². The molecule has 2 amide bonds. The van der Waals surface area contributed by atoms with Crippen molar-refractivity contribution in [3.05, 3.63) is 48.2 Å². The van der Waals surface area contributed by atoms with Crippen LogP contribution in [-0.2, 0) is 11.3 Å². The minimum Gasteiger partial charge on any atom is -0.462 e. The minimum absolute atomic E-state index is 0.320. The summed E-state index contributed by atoms with van der Waals surface area (Å²) in [4.78, 5) is 22.5. The zero-order chi connectivity index (χ0) is 13.4.